The summed E-state index contributed by atoms with van der Waals surface area (Å²) in [5, 5.41) is 0. The van der Waals surface area contributed by atoms with Gasteiger partial charge in [0, 0.05) is 31.9 Å². The van der Waals surface area contributed by atoms with Crippen LogP contribution in [0.1, 0.15) is 56.4 Å². The van der Waals surface area contributed by atoms with Crippen LogP contribution in [0.15, 0.2) is 28.9 Å². The molecule has 4 heterocycles. The van der Waals surface area contributed by atoms with Gasteiger partial charge in [0.2, 0.25) is 5.89 Å². The maximum atomic E-state index is 13.4. The van der Waals surface area contributed by atoms with E-state index in [1.54, 1.807) is 12.4 Å². The average molecular weight is 446 g/mol. The van der Waals surface area contributed by atoms with E-state index in [1.807, 2.05) is 6.92 Å². The van der Waals surface area contributed by atoms with Crippen molar-refractivity contribution in [3.8, 4) is 11.6 Å². The molecule has 0 unspecified atom stereocenters. The molecule has 0 radical (unpaired) electrons. The number of amides is 2. The Labute approximate surface area is 194 Å². The number of carbonyl (C=O) groups is 1. The molecule has 7 heteroatoms. The SMILES string of the molecule is Cc1cnc(-c2nc3cc4c(cc3o2)[C@]2(C)CCN(C(=O)N3CCCCC3)[C@H](C4)[C@H]2C)cn1. The number of rotatable bonds is 1. The van der Waals surface area contributed by atoms with Crippen molar-refractivity contribution in [3.63, 3.8) is 0 Å². The zero-order chi connectivity index (χ0) is 22.7. The van der Waals surface area contributed by atoms with Gasteiger partial charge in [0.05, 0.1) is 11.9 Å². The molecule has 0 N–H and O–H groups in total. The Morgan fingerprint density at radius 1 is 1.12 bits per heavy atom. The number of carbonyl (C=O) groups excluding carboxylic acids is 1. The third-order valence-corrected chi connectivity index (χ3v) is 8.38. The molecule has 2 amide bonds. The molecule has 3 aliphatic rings. The third-order valence-electron chi connectivity index (χ3n) is 8.38. The summed E-state index contributed by atoms with van der Waals surface area (Å²) in [6, 6.07) is 4.82. The van der Waals surface area contributed by atoms with Gasteiger partial charge in [-0.1, -0.05) is 13.8 Å². The lowest BCUT2D eigenvalue weighted by Crippen LogP contribution is -2.62. The molecule has 2 aromatic heterocycles. The highest BCUT2D eigenvalue weighted by Crippen LogP contribution is 2.49. The molecule has 3 aromatic rings. The smallest absolute Gasteiger partial charge is 0.320 e. The van der Waals surface area contributed by atoms with Gasteiger partial charge in [-0.3, -0.25) is 4.98 Å². The van der Waals surface area contributed by atoms with Crippen molar-refractivity contribution >= 4 is 17.1 Å². The molecule has 6 rings (SSSR count). The Bertz CT molecular complexity index is 1210. The molecular weight excluding hydrogens is 414 g/mol. The summed E-state index contributed by atoms with van der Waals surface area (Å²) in [5.74, 6) is 0.887. The van der Waals surface area contributed by atoms with Crippen LogP contribution in [0.25, 0.3) is 22.7 Å². The molecule has 2 saturated heterocycles. The highest BCUT2D eigenvalue weighted by atomic mass is 16.3. The summed E-state index contributed by atoms with van der Waals surface area (Å²) in [6.07, 6.45) is 8.76. The zero-order valence-corrected chi connectivity index (χ0v) is 19.7. The number of piperidine rings is 2. The number of urea groups is 1. The summed E-state index contributed by atoms with van der Waals surface area (Å²) in [5.41, 5.74) is 5.80. The highest BCUT2D eigenvalue weighted by molar-refractivity contribution is 5.79. The first-order valence-corrected chi connectivity index (χ1v) is 12.2. The van der Waals surface area contributed by atoms with Crippen molar-refractivity contribution in [1.82, 2.24) is 24.8 Å². The minimum Gasteiger partial charge on any atom is -0.435 e. The van der Waals surface area contributed by atoms with Gasteiger partial charge in [-0.15, -0.1) is 0 Å². The van der Waals surface area contributed by atoms with Crippen LogP contribution < -0.4 is 0 Å². The second-order valence-electron chi connectivity index (χ2n) is 10.3. The Kier molecular flexibility index (Phi) is 4.71. The van der Waals surface area contributed by atoms with Crippen molar-refractivity contribution < 1.29 is 9.21 Å². The lowest BCUT2D eigenvalue weighted by Gasteiger charge is -2.55. The fourth-order valence-corrected chi connectivity index (χ4v) is 6.17. The van der Waals surface area contributed by atoms with Gasteiger partial charge in [0.1, 0.15) is 11.2 Å². The minimum absolute atomic E-state index is 0.0156. The predicted octanol–water partition coefficient (Wildman–Crippen LogP) is 4.72. The van der Waals surface area contributed by atoms with E-state index in [-0.39, 0.29) is 17.5 Å². The lowest BCUT2D eigenvalue weighted by atomic mass is 9.59. The van der Waals surface area contributed by atoms with Crippen molar-refractivity contribution in [2.24, 2.45) is 5.92 Å². The number of aromatic nitrogens is 3. The molecule has 0 saturated carbocycles. The number of nitrogens with zero attached hydrogens (tertiary/aromatic N) is 5. The first-order valence-electron chi connectivity index (χ1n) is 12.2. The molecule has 0 spiro atoms. The number of aryl methyl sites for hydroxylation is 1. The van der Waals surface area contributed by atoms with Crippen LogP contribution in [-0.2, 0) is 11.8 Å². The van der Waals surface area contributed by atoms with Gasteiger partial charge in [0.15, 0.2) is 5.58 Å². The molecule has 3 atom stereocenters. The number of likely N-dealkylation sites (tertiary alicyclic amines) is 2. The van der Waals surface area contributed by atoms with Crippen LogP contribution in [0.3, 0.4) is 0 Å². The maximum absolute atomic E-state index is 13.4. The Morgan fingerprint density at radius 3 is 2.70 bits per heavy atom. The van der Waals surface area contributed by atoms with Crippen LogP contribution in [0, 0.1) is 12.8 Å². The lowest BCUT2D eigenvalue weighted by molar-refractivity contribution is 0.0386. The Hall–Kier alpha value is -2.96. The molecule has 7 nitrogen and oxygen atoms in total. The third kappa shape index (κ3) is 3.23. The molecule has 1 aromatic carbocycles. The first kappa shape index (κ1) is 20.6. The number of fused-ring (bicyclic) bond motifs is 5. The predicted molar refractivity (Wildman–Crippen MR) is 126 cm³/mol. The highest BCUT2D eigenvalue weighted by Gasteiger charge is 2.50. The molecular formula is C26H31N5O2. The van der Waals surface area contributed by atoms with E-state index in [4.69, 9.17) is 9.40 Å². The van der Waals surface area contributed by atoms with Crippen molar-refractivity contribution in [1.29, 1.82) is 0 Å². The second kappa shape index (κ2) is 7.54. The van der Waals surface area contributed by atoms with Gasteiger partial charge < -0.3 is 14.2 Å². The molecule has 2 bridgehead atoms. The van der Waals surface area contributed by atoms with Crippen molar-refractivity contribution in [2.75, 3.05) is 19.6 Å². The molecule has 2 fully saturated rings. The van der Waals surface area contributed by atoms with E-state index in [1.165, 1.54) is 17.5 Å². The summed E-state index contributed by atoms with van der Waals surface area (Å²) < 4.78 is 6.13. The topological polar surface area (TPSA) is 75.4 Å². The van der Waals surface area contributed by atoms with Gasteiger partial charge in [-0.2, -0.15) is 0 Å². The number of benzene rings is 1. The van der Waals surface area contributed by atoms with E-state index in [0.717, 1.165) is 62.1 Å². The van der Waals surface area contributed by atoms with E-state index >= 15 is 0 Å². The Morgan fingerprint density at radius 2 is 1.94 bits per heavy atom. The fourth-order valence-electron chi connectivity index (χ4n) is 6.17. The largest absolute Gasteiger partial charge is 0.435 e. The van der Waals surface area contributed by atoms with Gasteiger partial charge in [0.25, 0.3) is 0 Å². The van der Waals surface area contributed by atoms with E-state index < -0.39 is 0 Å². The monoisotopic (exact) mass is 445 g/mol. The van der Waals surface area contributed by atoms with Crippen molar-refractivity contribution in [3.05, 3.63) is 41.3 Å². The van der Waals surface area contributed by atoms with Gasteiger partial charge >= 0.3 is 6.03 Å². The number of hydrogen-bond donors (Lipinski definition) is 0. The summed E-state index contributed by atoms with van der Waals surface area (Å²) in [7, 11) is 0. The van der Waals surface area contributed by atoms with E-state index in [0.29, 0.717) is 17.5 Å². The van der Waals surface area contributed by atoms with Crippen LogP contribution in [0.5, 0.6) is 0 Å². The van der Waals surface area contributed by atoms with Crippen LogP contribution in [0.2, 0.25) is 0 Å². The summed E-state index contributed by atoms with van der Waals surface area (Å²) in [4.78, 5) is 31.1. The van der Waals surface area contributed by atoms with E-state index in [9.17, 15) is 4.79 Å². The zero-order valence-electron chi connectivity index (χ0n) is 19.7. The molecule has 172 valence electrons. The Balaban J connectivity index is 1.36. The van der Waals surface area contributed by atoms with Crippen LogP contribution in [0.4, 0.5) is 4.79 Å². The molecule has 33 heavy (non-hydrogen) atoms. The quantitative estimate of drug-likeness (QED) is 0.542. The number of hydrogen-bond acceptors (Lipinski definition) is 5. The van der Waals surface area contributed by atoms with Gasteiger partial charge in [-0.25, -0.2) is 14.8 Å². The van der Waals surface area contributed by atoms with Crippen LogP contribution in [-0.4, -0.2) is 56.5 Å². The maximum Gasteiger partial charge on any atom is 0.320 e. The normalized spacial score (nSPS) is 27.0. The molecule has 2 aliphatic heterocycles. The second-order valence-corrected chi connectivity index (χ2v) is 10.3. The number of oxazole rings is 1. The summed E-state index contributed by atoms with van der Waals surface area (Å²) >= 11 is 0. The van der Waals surface area contributed by atoms with Crippen LogP contribution >= 0.6 is 0 Å². The molecule has 1 aliphatic carbocycles. The fraction of sp³-hybridized carbons (Fsp3) is 0.538. The standard InChI is InChI=1S/C26H31N5O2/c1-16-14-28-21(15-27-16)24-29-20-11-18-12-22-17(2)26(3,19(18)13-23(20)33-24)7-10-31(22)25(32)30-8-5-4-6-9-30/h11,13-15,17,22H,4-10,12H2,1-3H3/t17-,22-,26-/m1/s1. The first-order chi connectivity index (χ1) is 15.9. The van der Waals surface area contributed by atoms with Crippen molar-refractivity contribution in [2.45, 2.75) is 64.3 Å². The van der Waals surface area contributed by atoms with E-state index in [2.05, 4.69) is 45.7 Å². The summed E-state index contributed by atoms with van der Waals surface area (Å²) in [6.45, 7) is 9.21. The van der Waals surface area contributed by atoms with Gasteiger partial charge in [-0.05, 0) is 73.6 Å². The minimum atomic E-state index is 0.0156. The average Bonchev–Trinajstić information content (AvgIpc) is 3.24.